The van der Waals surface area contributed by atoms with E-state index in [2.05, 4.69) is 22.1 Å². The number of carboxylic acid groups (broad SMARTS) is 1. The minimum Gasteiger partial charge on any atom is -0.478 e. The number of thioether (sulfide) groups is 1. The van der Waals surface area contributed by atoms with E-state index in [0.717, 1.165) is 22.6 Å². The number of nitrogens with zero attached hydrogens (tertiary/aromatic N) is 1. The van der Waals surface area contributed by atoms with Crippen LogP contribution in [0, 0.1) is 0 Å². The molecule has 2 aromatic carbocycles. The van der Waals surface area contributed by atoms with Gasteiger partial charge in [-0.1, -0.05) is 18.2 Å². The fourth-order valence-corrected chi connectivity index (χ4v) is 3.95. The van der Waals surface area contributed by atoms with E-state index >= 15 is 0 Å². The Morgan fingerprint density at radius 2 is 2.14 bits per heavy atom. The number of aromatic carboxylic acids is 1. The Morgan fingerprint density at radius 1 is 1.29 bits per heavy atom. The summed E-state index contributed by atoms with van der Waals surface area (Å²) in [4.78, 5) is 20.3. The van der Waals surface area contributed by atoms with Crippen molar-refractivity contribution in [1.82, 2.24) is 9.97 Å². The molecule has 1 aliphatic rings. The highest BCUT2D eigenvalue weighted by molar-refractivity contribution is 7.99. The van der Waals surface area contributed by atoms with Crippen LogP contribution in [0.1, 0.15) is 27.7 Å². The highest BCUT2D eigenvalue weighted by Gasteiger charge is 2.26. The highest BCUT2D eigenvalue weighted by atomic mass is 32.2. The first-order valence-corrected chi connectivity index (χ1v) is 7.65. The van der Waals surface area contributed by atoms with Crippen molar-refractivity contribution in [3.05, 3.63) is 59.4 Å². The molecule has 1 unspecified atom stereocenters. The Hall–Kier alpha value is -2.27. The zero-order valence-electron chi connectivity index (χ0n) is 11.0. The van der Waals surface area contributed by atoms with Crippen LogP contribution in [0.4, 0.5) is 0 Å². The second-order valence-corrected chi connectivity index (χ2v) is 6.12. The third-order valence-electron chi connectivity index (χ3n) is 3.78. The lowest BCUT2D eigenvalue weighted by Gasteiger charge is -2.06. The summed E-state index contributed by atoms with van der Waals surface area (Å²) < 4.78 is 0. The van der Waals surface area contributed by atoms with Gasteiger partial charge in [0, 0.05) is 10.6 Å². The van der Waals surface area contributed by atoms with E-state index in [9.17, 15) is 4.79 Å². The standard InChI is InChI=1S/C16H12N2O2S/c19-16(20)9-5-6-12-13(7-9)18-15(17-12)11-8-21-14-4-2-1-3-10(11)14/h1-7,11H,8H2,(H,17,18)(H,19,20). The first kappa shape index (κ1) is 12.5. The molecule has 1 aromatic heterocycles. The molecule has 0 radical (unpaired) electrons. The highest BCUT2D eigenvalue weighted by Crippen LogP contribution is 2.42. The molecule has 3 aromatic rings. The minimum atomic E-state index is -0.921. The van der Waals surface area contributed by atoms with E-state index in [1.54, 1.807) is 18.2 Å². The second kappa shape index (κ2) is 4.63. The fraction of sp³-hybridized carbons (Fsp3) is 0.125. The van der Waals surface area contributed by atoms with Gasteiger partial charge in [0.15, 0.2) is 0 Å². The molecule has 0 spiro atoms. The third kappa shape index (κ3) is 2.01. The predicted octanol–water partition coefficient (Wildman–Crippen LogP) is 3.50. The van der Waals surface area contributed by atoms with Crippen molar-refractivity contribution >= 4 is 28.8 Å². The smallest absolute Gasteiger partial charge is 0.335 e. The lowest BCUT2D eigenvalue weighted by molar-refractivity contribution is 0.0697. The lowest BCUT2D eigenvalue weighted by Crippen LogP contribution is -2.01. The molecule has 1 aliphatic heterocycles. The zero-order valence-corrected chi connectivity index (χ0v) is 11.9. The van der Waals surface area contributed by atoms with Gasteiger partial charge in [-0.25, -0.2) is 9.78 Å². The maximum atomic E-state index is 11.0. The molecule has 0 bridgehead atoms. The van der Waals surface area contributed by atoms with Crippen LogP contribution in [-0.4, -0.2) is 26.8 Å². The number of H-pyrrole nitrogens is 1. The van der Waals surface area contributed by atoms with Crippen molar-refractivity contribution in [2.75, 3.05) is 5.75 Å². The number of carbonyl (C=O) groups is 1. The van der Waals surface area contributed by atoms with Gasteiger partial charge in [0.25, 0.3) is 0 Å². The molecule has 4 nitrogen and oxygen atoms in total. The van der Waals surface area contributed by atoms with Gasteiger partial charge >= 0.3 is 5.97 Å². The first-order chi connectivity index (χ1) is 10.2. The predicted molar refractivity (Wildman–Crippen MR) is 82.1 cm³/mol. The Bertz CT molecular complexity index is 856. The van der Waals surface area contributed by atoms with Gasteiger partial charge in [-0.05, 0) is 29.8 Å². The Kier molecular flexibility index (Phi) is 2.75. The van der Waals surface area contributed by atoms with Crippen LogP contribution in [0.5, 0.6) is 0 Å². The zero-order chi connectivity index (χ0) is 14.4. The Balaban J connectivity index is 1.80. The number of aromatic nitrogens is 2. The van der Waals surface area contributed by atoms with Crippen molar-refractivity contribution in [2.24, 2.45) is 0 Å². The lowest BCUT2D eigenvalue weighted by atomic mass is 10.0. The van der Waals surface area contributed by atoms with Crippen LogP contribution in [0.3, 0.4) is 0 Å². The van der Waals surface area contributed by atoms with Crippen LogP contribution < -0.4 is 0 Å². The van der Waals surface area contributed by atoms with E-state index in [1.165, 1.54) is 10.5 Å². The van der Waals surface area contributed by atoms with Gasteiger partial charge in [-0.15, -0.1) is 11.8 Å². The summed E-state index contributed by atoms with van der Waals surface area (Å²) >= 11 is 1.83. The molecule has 4 rings (SSSR count). The number of hydrogen-bond acceptors (Lipinski definition) is 3. The molecule has 2 N–H and O–H groups in total. The van der Waals surface area contributed by atoms with Crippen LogP contribution >= 0.6 is 11.8 Å². The minimum absolute atomic E-state index is 0.242. The molecule has 5 heteroatoms. The van der Waals surface area contributed by atoms with Gasteiger partial charge in [-0.2, -0.15) is 0 Å². The van der Waals surface area contributed by atoms with Gasteiger partial charge in [0.05, 0.1) is 22.5 Å². The number of imidazole rings is 1. The number of aromatic amines is 1. The van der Waals surface area contributed by atoms with E-state index in [1.807, 2.05) is 23.9 Å². The topological polar surface area (TPSA) is 66.0 Å². The molecule has 21 heavy (non-hydrogen) atoms. The largest absolute Gasteiger partial charge is 0.478 e. The maximum absolute atomic E-state index is 11.0. The molecular formula is C16H12N2O2S. The number of hydrogen-bond donors (Lipinski definition) is 2. The van der Waals surface area contributed by atoms with Crippen LogP contribution in [-0.2, 0) is 0 Å². The summed E-state index contributed by atoms with van der Waals surface area (Å²) in [5.74, 6) is 1.19. The van der Waals surface area contributed by atoms with Crippen molar-refractivity contribution < 1.29 is 9.90 Å². The summed E-state index contributed by atoms with van der Waals surface area (Å²) in [5.41, 5.74) is 3.16. The number of rotatable bonds is 2. The number of nitrogens with one attached hydrogen (secondary N) is 1. The normalized spacial score (nSPS) is 17.0. The molecular weight excluding hydrogens is 284 g/mol. The quantitative estimate of drug-likeness (QED) is 0.759. The summed E-state index contributed by atoms with van der Waals surface area (Å²) in [6.45, 7) is 0. The molecule has 2 heterocycles. The molecule has 0 aliphatic carbocycles. The van der Waals surface area contributed by atoms with Gasteiger partial charge in [0.2, 0.25) is 0 Å². The molecule has 0 fully saturated rings. The van der Waals surface area contributed by atoms with Crippen molar-refractivity contribution in [3.63, 3.8) is 0 Å². The van der Waals surface area contributed by atoms with Crippen molar-refractivity contribution in [1.29, 1.82) is 0 Å². The van der Waals surface area contributed by atoms with E-state index in [0.29, 0.717) is 0 Å². The first-order valence-electron chi connectivity index (χ1n) is 6.67. The molecule has 0 saturated carbocycles. The number of carboxylic acids is 1. The monoisotopic (exact) mass is 296 g/mol. The second-order valence-electron chi connectivity index (χ2n) is 5.06. The molecule has 104 valence electrons. The van der Waals surface area contributed by atoms with Crippen LogP contribution in [0.25, 0.3) is 11.0 Å². The third-order valence-corrected chi connectivity index (χ3v) is 4.96. The van der Waals surface area contributed by atoms with Gasteiger partial charge in [-0.3, -0.25) is 0 Å². The van der Waals surface area contributed by atoms with Gasteiger partial charge in [0.1, 0.15) is 5.82 Å². The maximum Gasteiger partial charge on any atom is 0.335 e. The van der Waals surface area contributed by atoms with Crippen molar-refractivity contribution in [2.45, 2.75) is 10.8 Å². The molecule has 1 atom stereocenters. The average Bonchev–Trinajstić information content (AvgIpc) is 3.09. The van der Waals surface area contributed by atoms with E-state index in [4.69, 9.17) is 5.11 Å². The molecule has 0 saturated heterocycles. The fourth-order valence-electron chi connectivity index (χ4n) is 2.72. The Labute approximate surface area is 125 Å². The number of benzene rings is 2. The molecule has 0 amide bonds. The summed E-state index contributed by atoms with van der Waals surface area (Å²) in [5, 5.41) is 9.06. The van der Waals surface area contributed by atoms with Crippen LogP contribution in [0.2, 0.25) is 0 Å². The number of fused-ring (bicyclic) bond motifs is 2. The van der Waals surface area contributed by atoms with Crippen molar-refractivity contribution in [3.8, 4) is 0 Å². The summed E-state index contributed by atoms with van der Waals surface area (Å²) in [7, 11) is 0. The average molecular weight is 296 g/mol. The van der Waals surface area contributed by atoms with E-state index < -0.39 is 5.97 Å². The summed E-state index contributed by atoms with van der Waals surface area (Å²) in [6, 6.07) is 13.3. The van der Waals surface area contributed by atoms with Gasteiger partial charge < -0.3 is 10.1 Å². The summed E-state index contributed by atoms with van der Waals surface area (Å²) in [6.07, 6.45) is 0. The Morgan fingerprint density at radius 3 is 3.00 bits per heavy atom. The van der Waals surface area contributed by atoms with Crippen LogP contribution in [0.15, 0.2) is 47.4 Å². The van der Waals surface area contributed by atoms with E-state index in [-0.39, 0.29) is 11.5 Å². The SMILES string of the molecule is O=C(O)c1ccc2nc(C3CSc4ccccc43)[nH]c2c1.